The summed E-state index contributed by atoms with van der Waals surface area (Å²) < 4.78 is 6.48. The second-order valence-electron chi connectivity index (χ2n) is 5.60. The lowest BCUT2D eigenvalue weighted by atomic mass is 10.0. The summed E-state index contributed by atoms with van der Waals surface area (Å²) in [5.41, 5.74) is 2.40. The Morgan fingerprint density at radius 3 is 2.72 bits per heavy atom. The lowest BCUT2D eigenvalue weighted by Crippen LogP contribution is -2.01. The number of thiophene rings is 1. The highest BCUT2D eigenvalue weighted by Crippen LogP contribution is 2.41. The molecule has 0 amide bonds. The van der Waals surface area contributed by atoms with Gasteiger partial charge in [-0.3, -0.25) is 0 Å². The molecule has 6 heteroatoms. The lowest BCUT2D eigenvalue weighted by molar-refractivity contribution is 0.518. The maximum Gasteiger partial charge on any atom is 0.139 e. The van der Waals surface area contributed by atoms with Crippen molar-refractivity contribution in [3.05, 3.63) is 64.1 Å². The van der Waals surface area contributed by atoms with E-state index in [9.17, 15) is 0 Å². The number of benzene rings is 1. The minimum atomic E-state index is 0.593. The first-order chi connectivity index (χ1) is 12.3. The van der Waals surface area contributed by atoms with E-state index in [0.29, 0.717) is 6.54 Å². The third-order valence-corrected chi connectivity index (χ3v) is 5.80. The van der Waals surface area contributed by atoms with Crippen molar-refractivity contribution >= 4 is 43.3 Å². The first-order valence-corrected chi connectivity index (χ1v) is 9.65. The summed E-state index contributed by atoms with van der Waals surface area (Å²) in [6, 6.07) is 12.2. The van der Waals surface area contributed by atoms with Crippen LogP contribution in [0.3, 0.4) is 0 Å². The third kappa shape index (κ3) is 3.19. The first-order valence-electron chi connectivity index (χ1n) is 8.05. The van der Waals surface area contributed by atoms with Crippen LogP contribution >= 0.6 is 27.3 Å². The molecule has 126 valence electrons. The predicted molar refractivity (Wildman–Crippen MR) is 106 cm³/mol. The smallest absolute Gasteiger partial charge is 0.139 e. The van der Waals surface area contributed by atoms with Crippen LogP contribution in [0.25, 0.3) is 21.3 Å². The summed E-state index contributed by atoms with van der Waals surface area (Å²) in [6.07, 6.45) is 4.26. The molecule has 0 atom stereocenters. The summed E-state index contributed by atoms with van der Waals surface area (Å²) in [6.45, 7) is 2.77. The van der Waals surface area contributed by atoms with E-state index in [1.165, 1.54) is 16.0 Å². The third-order valence-electron chi connectivity index (χ3n) is 4.03. The zero-order valence-corrected chi connectivity index (χ0v) is 16.0. The zero-order chi connectivity index (χ0) is 17.2. The molecular weight excluding hydrogens is 398 g/mol. The van der Waals surface area contributed by atoms with Gasteiger partial charge in [0.25, 0.3) is 0 Å². The van der Waals surface area contributed by atoms with Crippen molar-refractivity contribution < 1.29 is 4.42 Å². The maximum absolute atomic E-state index is 5.41. The minimum absolute atomic E-state index is 0.593. The number of aryl methyl sites for hydroxylation is 1. The van der Waals surface area contributed by atoms with Crippen LogP contribution in [0.15, 0.2) is 57.9 Å². The van der Waals surface area contributed by atoms with Crippen LogP contribution in [-0.4, -0.2) is 9.97 Å². The summed E-state index contributed by atoms with van der Waals surface area (Å²) in [5, 5.41) is 4.48. The number of rotatable bonds is 5. The molecule has 0 unspecified atom stereocenters. The second-order valence-corrected chi connectivity index (χ2v) is 7.60. The molecule has 0 bridgehead atoms. The number of furan rings is 1. The van der Waals surface area contributed by atoms with E-state index < -0.39 is 0 Å². The molecule has 0 saturated carbocycles. The highest BCUT2D eigenvalue weighted by Gasteiger charge is 2.18. The predicted octanol–water partition coefficient (Wildman–Crippen LogP) is 5.89. The highest BCUT2D eigenvalue weighted by atomic mass is 79.9. The van der Waals surface area contributed by atoms with Gasteiger partial charge in [0.1, 0.15) is 22.7 Å². The molecule has 4 nitrogen and oxygen atoms in total. The summed E-state index contributed by atoms with van der Waals surface area (Å²) in [5.74, 6) is 1.72. The van der Waals surface area contributed by atoms with Gasteiger partial charge in [0.15, 0.2) is 0 Å². The van der Waals surface area contributed by atoms with Crippen LogP contribution < -0.4 is 5.32 Å². The number of hydrogen-bond donors (Lipinski definition) is 1. The number of hydrogen-bond acceptors (Lipinski definition) is 5. The average molecular weight is 414 g/mol. The number of halogens is 1. The molecular formula is C19H16BrN3OS. The Bertz CT molecular complexity index is 994. The minimum Gasteiger partial charge on any atom is -0.467 e. The van der Waals surface area contributed by atoms with E-state index in [-0.39, 0.29) is 0 Å². The molecule has 0 aliphatic heterocycles. The van der Waals surface area contributed by atoms with E-state index >= 15 is 0 Å². The van der Waals surface area contributed by atoms with Crippen LogP contribution in [0.2, 0.25) is 0 Å². The quantitative estimate of drug-likeness (QED) is 0.443. The van der Waals surface area contributed by atoms with Crippen molar-refractivity contribution in [2.24, 2.45) is 0 Å². The van der Waals surface area contributed by atoms with Crippen molar-refractivity contribution in [1.29, 1.82) is 0 Å². The van der Waals surface area contributed by atoms with Crippen molar-refractivity contribution in [3.63, 3.8) is 0 Å². The van der Waals surface area contributed by atoms with Crippen molar-refractivity contribution in [2.75, 3.05) is 5.32 Å². The van der Waals surface area contributed by atoms with Gasteiger partial charge in [-0.05, 0) is 36.2 Å². The molecule has 3 aromatic heterocycles. The molecule has 3 heterocycles. The Balaban J connectivity index is 1.83. The first kappa shape index (κ1) is 16.3. The van der Waals surface area contributed by atoms with Gasteiger partial charge >= 0.3 is 0 Å². The summed E-state index contributed by atoms with van der Waals surface area (Å²) in [7, 11) is 0. The Labute approximate surface area is 158 Å². The van der Waals surface area contributed by atoms with E-state index in [2.05, 4.69) is 62.4 Å². The van der Waals surface area contributed by atoms with Crippen molar-refractivity contribution in [1.82, 2.24) is 9.97 Å². The highest BCUT2D eigenvalue weighted by molar-refractivity contribution is 9.10. The van der Waals surface area contributed by atoms with Gasteiger partial charge in [-0.2, -0.15) is 0 Å². The topological polar surface area (TPSA) is 51.0 Å². The fourth-order valence-corrected chi connectivity index (χ4v) is 4.23. The van der Waals surface area contributed by atoms with E-state index in [1.807, 2.05) is 12.1 Å². The summed E-state index contributed by atoms with van der Waals surface area (Å²) in [4.78, 5) is 11.3. The molecule has 0 fully saturated rings. The van der Waals surface area contributed by atoms with Crippen LogP contribution in [-0.2, 0) is 13.0 Å². The molecule has 4 rings (SSSR count). The van der Waals surface area contributed by atoms with Gasteiger partial charge in [-0.25, -0.2) is 9.97 Å². The zero-order valence-electron chi connectivity index (χ0n) is 13.6. The number of fused-ring (bicyclic) bond motifs is 1. The molecule has 0 radical (unpaired) electrons. The Morgan fingerprint density at radius 1 is 1.16 bits per heavy atom. The number of aromatic nitrogens is 2. The maximum atomic E-state index is 5.41. The molecule has 1 aromatic carbocycles. The Hall–Kier alpha value is -2.18. The van der Waals surface area contributed by atoms with Gasteiger partial charge in [-0.15, -0.1) is 11.3 Å². The average Bonchev–Trinajstić information content (AvgIpc) is 3.28. The van der Waals surface area contributed by atoms with Gasteiger partial charge in [0.05, 0.1) is 18.2 Å². The monoisotopic (exact) mass is 413 g/mol. The fraction of sp³-hybridized carbons (Fsp3) is 0.158. The molecule has 0 aliphatic carbocycles. The fourth-order valence-electron chi connectivity index (χ4n) is 2.87. The van der Waals surface area contributed by atoms with Gasteiger partial charge in [0, 0.05) is 14.9 Å². The van der Waals surface area contributed by atoms with Crippen LogP contribution in [0.4, 0.5) is 5.82 Å². The van der Waals surface area contributed by atoms with Gasteiger partial charge in [0.2, 0.25) is 0 Å². The molecule has 0 saturated heterocycles. The van der Waals surface area contributed by atoms with Gasteiger partial charge < -0.3 is 9.73 Å². The normalized spacial score (nSPS) is 11.1. The van der Waals surface area contributed by atoms with Crippen molar-refractivity contribution in [3.8, 4) is 11.1 Å². The second kappa shape index (κ2) is 6.98. The molecule has 0 spiro atoms. The molecule has 0 aliphatic rings. The number of nitrogens with zero attached hydrogens (tertiary/aromatic N) is 2. The van der Waals surface area contributed by atoms with Crippen LogP contribution in [0.1, 0.15) is 17.6 Å². The SMILES string of the molecule is CCc1sc2ncnc(NCc3ccco3)c2c1-c1ccc(Br)cc1. The van der Waals surface area contributed by atoms with Crippen molar-refractivity contribution in [2.45, 2.75) is 19.9 Å². The van der Waals surface area contributed by atoms with E-state index in [4.69, 9.17) is 4.42 Å². The lowest BCUT2D eigenvalue weighted by Gasteiger charge is -2.08. The van der Waals surface area contributed by atoms with E-state index in [0.717, 1.165) is 32.7 Å². The van der Waals surface area contributed by atoms with E-state index in [1.54, 1.807) is 23.9 Å². The number of anilines is 1. The van der Waals surface area contributed by atoms with Crippen LogP contribution in [0, 0.1) is 0 Å². The summed E-state index contributed by atoms with van der Waals surface area (Å²) >= 11 is 5.24. The molecule has 4 aromatic rings. The standard InChI is InChI=1S/C19H16BrN3OS/c1-2-15-16(12-5-7-13(20)8-6-12)17-18(22-11-23-19(17)25-15)21-10-14-4-3-9-24-14/h3-9,11H,2,10H2,1H3,(H,21,22,23). The van der Waals surface area contributed by atoms with Crippen LogP contribution in [0.5, 0.6) is 0 Å². The van der Waals surface area contributed by atoms with Gasteiger partial charge in [-0.1, -0.05) is 35.0 Å². The molecule has 25 heavy (non-hydrogen) atoms. The molecule has 1 N–H and O–H groups in total. The Morgan fingerprint density at radius 2 is 2.00 bits per heavy atom. The largest absolute Gasteiger partial charge is 0.467 e. The Kier molecular flexibility index (Phi) is 4.55. The number of nitrogens with one attached hydrogen (secondary N) is 1.